The van der Waals surface area contributed by atoms with Crippen LogP contribution in [-0.2, 0) is 9.59 Å². The van der Waals surface area contributed by atoms with E-state index in [2.05, 4.69) is 5.32 Å². The quantitative estimate of drug-likeness (QED) is 0.477. The van der Waals surface area contributed by atoms with Gasteiger partial charge in [0, 0.05) is 0 Å². The average Bonchev–Trinajstić information content (AvgIpc) is 1.86. The molecule has 0 spiro atoms. The van der Waals surface area contributed by atoms with Crippen LogP contribution in [0.1, 0.15) is 13.3 Å². The first kappa shape index (κ1) is 9.90. The molecule has 4 N–H and O–H groups in total. The van der Waals surface area contributed by atoms with Crippen LogP contribution in [0.15, 0.2) is 0 Å². The monoisotopic (exact) mass is 160 g/mol. The van der Waals surface area contributed by atoms with Crippen LogP contribution in [0.25, 0.3) is 0 Å². The van der Waals surface area contributed by atoms with Gasteiger partial charge in [-0.2, -0.15) is 0 Å². The molecule has 0 aromatic rings. The maximum absolute atomic E-state index is 10.5. The van der Waals surface area contributed by atoms with Gasteiger partial charge in [-0.15, -0.1) is 0 Å². The van der Waals surface area contributed by atoms with Gasteiger partial charge < -0.3 is 16.2 Å². The largest absolute Gasteiger partial charge is 0.481 e. The Balaban J connectivity index is 3.89. The highest BCUT2D eigenvalue weighted by atomic mass is 16.4. The summed E-state index contributed by atoms with van der Waals surface area (Å²) in [6.07, 6.45) is -0.261. The van der Waals surface area contributed by atoms with E-state index < -0.39 is 17.9 Å². The van der Waals surface area contributed by atoms with E-state index in [1.54, 1.807) is 6.92 Å². The fourth-order valence-electron chi connectivity index (χ4n) is 0.694. The molecule has 0 fully saturated rings. The zero-order valence-electron chi connectivity index (χ0n) is 6.33. The smallest absolute Gasteiger partial charge is 0.305 e. The second kappa shape index (κ2) is 4.68. The number of primary amides is 1. The summed E-state index contributed by atoms with van der Waals surface area (Å²) in [5.41, 5.74) is 4.91. The zero-order chi connectivity index (χ0) is 8.85. The fraction of sp³-hybridized carbons (Fsp3) is 0.667. The standard InChI is InChI=1S/C6H12N2O3/c1-2-8-4(6(7)11)3-5(9)10/h4,8H,2-3H2,1H3,(H2,7,11)(H,9,10). The minimum atomic E-state index is -1.03. The second-order valence-corrected chi connectivity index (χ2v) is 2.11. The Morgan fingerprint density at radius 1 is 1.64 bits per heavy atom. The molecule has 0 aromatic carbocycles. The van der Waals surface area contributed by atoms with Gasteiger partial charge in [0.05, 0.1) is 12.5 Å². The van der Waals surface area contributed by atoms with Crippen molar-refractivity contribution in [2.24, 2.45) is 5.73 Å². The summed E-state index contributed by atoms with van der Waals surface area (Å²) in [5.74, 6) is -1.66. The van der Waals surface area contributed by atoms with Crippen molar-refractivity contribution >= 4 is 11.9 Å². The summed E-state index contributed by atoms with van der Waals surface area (Å²) in [5, 5.41) is 11.0. The van der Waals surface area contributed by atoms with Gasteiger partial charge in [-0.1, -0.05) is 6.92 Å². The number of carbonyl (C=O) groups is 2. The van der Waals surface area contributed by atoms with E-state index in [0.29, 0.717) is 6.54 Å². The molecule has 1 unspecified atom stereocenters. The van der Waals surface area contributed by atoms with Crippen molar-refractivity contribution in [2.45, 2.75) is 19.4 Å². The van der Waals surface area contributed by atoms with Gasteiger partial charge >= 0.3 is 5.97 Å². The first-order valence-corrected chi connectivity index (χ1v) is 3.32. The molecule has 0 saturated heterocycles. The van der Waals surface area contributed by atoms with Gasteiger partial charge in [-0.25, -0.2) is 0 Å². The molecule has 0 heterocycles. The highest BCUT2D eigenvalue weighted by molar-refractivity contribution is 5.84. The van der Waals surface area contributed by atoms with Crippen LogP contribution in [-0.4, -0.2) is 29.6 Å². The topological polar surface area (TPSA) is 92.4 Å². The number of nitrogens with one attached hydrogen (secondary N) is 1. The molecule has 0 aliphatic carbocycles. The number of nitrogens with two attached hydrogens (primary N) is 1. The molecule has 5 nitrogen and oxygen atoms in total. The van der Waals surface area contributed by atoms with Crippen molar-refractivity contribution in [2.75, 3.05) is 6.54 Å². The molecule has 0 radical (unpaired) electrons. The third-order valence-corrected chi connectivity index (χ3v) is 1.17. The van der Waals surface area contributed by atoms with Crippen LogP contribution in [0.5, 0.6) is 0 Å². The molecule has 0 saturated carbocycles. The number of likely N-dealkylation sites (N-methyl/N-ethyl adjacent to an activating group) is 1. The van der Waals surface area contributed by atoms with Crippen molar-refractivity contribution in [3.8, 4) is 0 Å². The van der Waals surface area contributed by atoms with Crippen LogP contribution < -0.4 is 11.1 Å². The molecular weight excluding hydrogens is 148 g/mol. The first-order valence-electron chi connectivity index (χ1n) is 3.32. The molecule has 0 rings (SSSR count). The van der Waals surface area contributed by atoms with Crippen molar-refractivity contribution < 1.29 is 14.7 Å². The number of carboxylic acids is 1. The molecular formula is C6H12N2O3. The predicted octanol–water partition coefficient (Wildman–Crippen LogP) is -1.08. The summed E-state index contributed by atoms with van der Waals surface area (Å²) >= 11 is 0. The minimum Gasteiger partial charge on any atom is -0.481 e. The fourth-order valence-corrected chi connectivity index (χ4v) is 0.694. The number of hydrogen-bond acceptors (Lipinski definition) is 3. The lowest BCUT2D eigenvalue weighted by Gasteiger charge is -2.10. The maximum Gasteiger partial charge on any atom is 0.305 e. The van der Waals surface area contributed by atoms with Crippen molar-refractivity contribution in [3.63, 3.8) is 0 Å². The maximum atomic E-state index is 10.5. The minimum absolute atomic E-state index is 0.261. The highest BCUT2D eigenvalue weighted by Crippen LogP contribution is 1.89. The number of aliphatic carboxylic acids is 1. The van der Waals surface area contributed by atoms with Crippen molar-refractivity contribution in [3.05, 3.63) is 0 Å². The number of carbonyl (C=O) groups excluding carboxylic acids is 1. The van der Waals surface area contributed by atoms with E-state index in [9.17, 15) is 9.59 Å². The van der Waals surface area contributed by atoms with Crippen LogP contribution in [0.2, 0.25) is 0 Å². The lowest BCUT2D eigenvalue weighted by atomic mass is 10.2. The molecule has 0 aliphatic heterocycles. The Kier molecular flexibility index (Phi) is 4.21. The lowest BCUT2D eigenvalue weighted by Crippen LogP contribution is -2.42. The molecule has 5 heteroatoms. The van der Waals surface area contributed by atoms with E-state index >= 15 is 0 Å². The van der Waals surface area contributed by atoms with Crippen molar-refractivity contribution in [1.29, 1.82) is 0 Å². The van der Waals surface area contributed by atoms with Crippen LogP contribution in [0, 0.1) is 0 Å². The number of rotatable bonds is 5. The van der Waals surface area contributed by atoms with Gasteiger partial charge in [0.2, 0.25) is 5.91 Å². The molecule has 1 amide bonds. The first-order chi connectivity index (χ1) is 5.07. The molecule has 1 atom stereocenters. The number of carboxylic acid groups (broad SMARTS) is 1. The zero-order valence-corrected chi connectivity index (χ0v) is 6.33. The number of amides is 1. The summed E-state index contributed by atoms with van der Waals surface area (Å²) in [6.45, 7) is 2.30. The highest BCUT2D eigenvalue weighted by Gasteiger charge is 2.16. The third-order valence-electron chi connectivity index (χ3n) is 1.17. The SMILES string of the molecule is CCNC(CC(=O)O)C(N)=O. The van der Waals surface area contributed by atoms with E-state index in [0.717, 1.165) is 0 Å². The normalized spacial score (nSPS) is 12.5. The van der Waals surface area contributed by atoms with Gasteiger partial charge in [0.25, 0.3) is 0 Å². The van der Waals surface area contributed by atoms with Gasteiger partial charge in [-0.05, 0) is 6.54 Å². The molecule has 0 bridgehead atoms. The third kappa shape index (κ3) is 4.32. The van der Waals surface area contributed by atoms with E-state index in [4.69, 9.17) is 10.8 Å². The van der Waals surface area contributed by atoms with Crippen LogP contribution in [0.4, 0.5) is 0 Å². The van der Waals surface area contributed by atoms with E-state index in [1.165, 1.54) is 0 Å². The predicted molar refractivity (Wildman–Crippen MR) is 38.9 cm³/mol. The average molecular weight is 160 g/mol. The summed E-state index contributed by atoms with van der Waals surface area (Å²) < 4.78 is 0. The van der Waals surface area contributed by atoms with E-state index in [1.807, 2.05) is 0 Å². The van der Waals surface area contributed by atoms with Crippen LogP contribution >= 0.6 is 0 Å². The second-order valence-electron chi connectivity index (χ2n) is 2.11. The molecule has 11 heavy (non-hydrogen) atoms. The summed E-state index contributed by atoms with van der Waals surface area (Å²) in [4.78, 5) is 20.7. The summed E-state index contributed by atoms with van der Waals surface area (Å²) in [6, 6.07) is -0.752. The molecule has 0 aromatic heterocycles. The van der Waals surface area contributed by atoms with Gasteiger partial charge in [0.15, 0.2) is 0 Å². The summed E-state index contributed by atoms with van der Waals surface area (Å²) in [7, 11) is 0. The Bertz CT molecular complexity index is 158. The van der Waals surface area contributed by atoms with Crippen LogP contribution in [0.3, 0.4) is 0 Å². The Labute approximate surface area is 64.6 Å². The van der Waals surface area contributed by atoms with Crippen molar-refractivity contribution in [1.82, 2.24) is 5.32 Å². The van der Waals surface area contributed by atoms with Gasteiger partial charge in [-0.3, -0.25) is 9.59 Å². The lowest BCUT2D eigenvalue weighted by molar-refractivity contribution is -0.139. The Hall–Kier alpha value is -1.10. The number of hydrogen-bond donors (Lipinski definition) is 3. The molecule has 0 aliphatic rings. The Morgan fingerprint density at radius 3 is 2.45 bits per heavy atom. The Morgan fingerprint density at radius 2 is 2.18 bits per heavy atom. The van der Waals surface area contributed by atoms with Gasteiger partial charge in [0.1, 0.15) is 0 Å². The molecule has 64 valence electrons. The van der Waals surface area contributed by atoms with E-state index in [-0.39, 0.29) is 6.42 Å².